The summed E-state index contributed by atoms with van der Waals surface area (Å²) in [5.74, 6) is 0. The van der Waals surface area contributed by atoms with E-state index in [4.69, 9.17) is 4.98 Å². The molecule has 1 saturated heterocycles. The molecule has 6 heteroatoms. The van der Waals surface area contributed by atoms with Crippen molar-refractivity contribution >= 4 is 60.6 Å². The van der Waals surface area contributed by atoms with Crippen LogP contribution in [0.5, 0.6) is 0 Å². The predicted molar refractivity (Wildman–Crippen MR) is 94.6 cm³/mol. The van der Waals surface area contributed by atoms with Gasteiger partial charge in [0.2, 0.25) is 0 Å². The van der Waals surface area contributed by atoms with Crippen molar-refractivity contribution in [3.63, 3.8) is 0 Å². The lowest BCUT2D eigenvalue weighted by molar-refractivity contribution is 0.443. The molecule has 0 radical (unpaired) electrons. The van der Waals surface area contributed by atoms with Crippen LogP contribution in [0.25, 0.3) is 10.2 Å². The van der Waals surface area contributed by atoms with E-state index in [-0.39, 0.29) is 34.0 Å². The molecule has 0 unspecified atom stereocenters. The molecule has 19 heavy (non-hydrogen) atoms. The first-order valence-electron chi connectivity index (χ1n) is 6.14. The monoisotopic (exact) mass is 407 g/mol. The SMILES string of the molecule is Br.Br.CN(c1nc2ccccc2s1)C1CCNCC1. The van der Waals surface area contributed by atoms with Crippen molar-refractivity contribution in [2.75, 3.05) is 25.0 Å². The number of thiazole rings is 1. The molecule has 1 fully saturated rings. The number of halogens is 2. The van der Waals surface area contributed by atoms with Crippen molar-refractivity contribution in [3.05, 3.63) is 24.3 Å². The third-order valence-corrected chi connectivity index (χ3v) is 4.57. The van der Waals surface area contributed by atoms with Gasteiger partial charge in [0, 0.05) is 13.1 Å². The average Bonchev–Trinajstić information content (AvgIpc) is 2.82. The number of hydrogen-bond acceptors (Lipinski definition) is 4. The number of aromatic nitrogens is 1. The lowest BCUT2D eigenvalue weighted by Crippen LogP contribution is -2.41. The van der Waals surface area contributed by atoms with Crippen molar-refractivity contribution < 1.29 is 0 Å². The van der Waals surface area contributed by atoms with Crippen molar-refractivity contribution in [2.24, 2.45) is 0 Å². The van der Waals surface area contributed by atoms with Crippen LogP contribution in [0.2, 0.25) is 0 Å². The summed E-state index contributed by atoms with van der Waals surface area (Å²) in [6.07, 6.45) is 2.43. The summed E-state index contributed by atoms with van der Waals surface area (Å²) >= 11 is 1.79. The molecule has 0 saturated carbocycles. The summed E-state index contributed by atoms with van der Waals surface area (Å²) in [7, 11) is 2.17. The molecule has 1 aromatic carbocycles. The molecule has 0 spiro atoms. The van der Waals surface area contributed by atoms with E-state index >= 15 is 0 Å². The fourth-order valence-electron chi connectivity index (χ4n) is 2.36. The van der Waals surface area contributed by atoms with Crippen LogP contribution in [0.4, 0.5) is 5.13 Å². The molecule has 0 aliphatic carbocycles. The molecule has 3 nitrogen and oxygen atoms in total. The highest BCUT2D eigenvalue weighted by molar-refractivity contribution is 8.93. The molecule has 1 aromatic heterocycles. The number of nitrogens with one attached hydrogen (secondary N) is 1. The van der Waals surface area contributed by atoms with Gasteiger partial charge in [0.15, 0.2) is 5.13 Å². The van der Waals surface area contributed by atoms with Crippen LogP contribution >= 0.6 is 45.3 Å². The van der Waals surface area contributed by atoms with E-state index in [1.54, 1.807) is 11.3 Å². The largest absolute Gasteiger partial charge is 0.348 e. The topological polar surface area (TPSA) is 28.2 Å². The Morgan fingerprint density at radius 1 is 1.21 bits per heavy atom. The van der Waals surface area contributed by atoms with Crippen LogP contribution in [-0.2, 0) is 0 Å². The number of para-hydroxylation sites is 1. The summed E-state index contributed by atoms with van der Waals surface area (Å²) in [4.78, 5) is 7.06. The zero-order chi connectivity index (χ0) is 11.7. The van der Waals surface area contributed by atoms with E-state index in [9.17, 15) is 0 Å². The Morgan fingerprint density at radius 3 is 2.58 bits per heavy atom. The Balaban J connectivity index is 0.000000902. The highest BCUT2D eigenvalue weighted by Gasteiger charge is 2.20. The summed E-state index contributed by atoms with van der Waals surface area (Å²) in [6, 6.07) is 9.00. The second-order valence-corrected chi connectivity index (χ2v) is 5.57. The normalized spacial score (nSPS) is 15.6. The third-order valence-electron chi connectivity index (χ3n) is 3.44. The number of hydrogen-bond donors (Lipinski definition) is 1. The number of nitrogens with zero attached hydrogens (tertiary/aromatic N) is 2. The lowest BCUT2D eigenvalue weighted by atomic mass is 10.1. The van der Waals surface area contributed by atoms with Crippen LogP contribution in [-0.4, -0.2) is 31.2 Å². The maximum Gasteiger partial charge on any atom is 0.186 e. The van der Waals surface area contributed by atoms with Crippen molar-refractivity contribution in [2.45, 2.75) is 18.9 Å². The van der Waals surface area contributed by atoms with E-state index in [0.29, 0.717) is 6.04 Å². The zero-order valence-electron chi connectivity index (χ0n) is 10.8. The Morgan fingerprint density at radius 2 is 1.89 bits per heavy atom. The van der Waals surface area contributed by atoms with Gasteiger partial charge in [-0.05, 0) is 38.1 Å². The molecular weight excluding hydrogens is 390 g/mol. The number of rotatable bonds is 2. The number of anilines is 1. The van der Waals surface area contributed by atoms with Gasteiger partial charge in [-0.3, -0.25) is 0 Å². The van der Waals surface area contributed by atoms with E-state index in [2.05, 4.69) is 41.5 Å². The van der Waals surface area contributed by atoms with E-state index in [1.807, 2.05) is 0 Å². The van der Waals surface area contributed by atoms with E-state index in [1.165, 1.54) is 17.5 Å². The summed E-state index contributed by atoms with van der Waals surface area (Å²) in [5.41, 5.74) is 1.12. The van der Waals surface area contributed by atoms with Gasteiger partial charge in [0.05, 0.1) is 10.2 Å². The first-order valence-corrected chi connectivity index (χ1v) is 6.95. The highest BCUT2D eigenvalue weighted by atomic mass is 79.9. The number of piperidine rings is 1. The van der Waals surface area contributed by atoms with E-state index < -0.39 is 0 Å². The van der Waals surface area contributed by atoms with Crippen LogP contribution in [0.3, 0.4) is 0 Å². The molecule has 2 aromatic rings. The molecule has 106 valence electrons. The molecule has 0 amide bonds. The standard InChI is InChI=1S/C13H17N3S.2BrH/c1-16(10-6-8-14-9-7-10)13-15-11-4-2-3-5-12(11)17-13;;/h2-5,10,14H,6-9H2,1H3;2*1H. The third kappa shape index (κ3) is 3.68. The van der Waals surface area contributed by atoms with Gasteiger partial charge in [-0.1, -0.05) is 23.5 Å². The summed E-state index contributed by atoms with van der Waals surface area (Å²) < 4.78 is 1.28. The molecule has 1 N–H and O–H groups in total. The maximum absolute atomic E-state index is 4.71. The molecule has 1 aliphatic heterocycles. The zero-order valence-corrected chi connectivity index (χ0v) is 15.1. The van der Waals surface area contributed by atoms with Crippen molar-refractivity contribution in [1.29, 1.82) is 0 Å². The molecular formula is C13H19Br2N3S. The van der Waals surface area contributed by atoms with Crippen LogP contribution in [0.15, 0.2) is 24.3 Å². The average molecular weight is 409 g/mol. The van der Waals surface area contributed by atoms with Gasteiger partial charge in [0.1, 0.15) is 0 Å². The van der Waals surface area contributed by atoms with Gasteiger partial charge < -0.3 is 10.2 Å². The minimum atomic E-state index is 0. The predicted octanol–water partition coefficient (Wildman–Crippen LogP) is 3.64. The Kier molecular flexibility index (Phi) is 6.73. The van der Waals surface area contributed by atoms with Crippen LogP contribution in [0.1, 0.15) is 12.8 Å². The summed E-state index contributed by atoms with van der Waals surface area (Å²) in [5, 5.41) is 4.55. The van der Waals surface area contributed by atoms with Crippen molar-refractivity contribution in [1.82, 2.24) is 10.3 Å². The molecule has 1 aliphatic rings. The minimum Gasteiger partial charge on any atom is -0.348 e. The second kappa shape index (κ2) is 7.57. The van der Waals surface area contributed by atoms with Gasteiger partial charge in [0.25, 0.3) is 0 Å². The molecule has 3 rings (SSSR count). The Bertz CT molecular complexity index is 478. The first kappa shape index (κ1) is 16.9. The second-order valence-electron chi connectivity index (χ2n) is 4.56. The maximum atomic E-state index is 4.71. The van der Waals surface area contributed by atoms with E-state index in [0.717, 1.165) is 23.7 Å². The Hall–Kier alpha value is -0.170. The van der Waals surface area contributed by atoms with Gasteiger partial charge >= 0.3 is 0 Å². The first-order chi connectivity index (χ1) is 8.34. The van der Waals surface area contributed by atoms with Gasteiger partial charge in [-0.2, -0.15) is 0 Å². The number of benzene rings is 1. The van der Waals surface area contributed by atoms with Crippen LogP contribution < -0.4 is 10.2 Å². The minimum absolute atomic E-state index is 0. The van der Waals surface area contributed by atoms with Gasteiger partial charge in [-0.25, -0.2) is 4.98 Å². The molecule has 0 atom stereocenters. The quantitative estimate of drug-likeness (QED) is 0.821. The summed E-state index contributed by atoms with van der Waals surface area (Å²) in [6.45, 7) is 2.25. The highest BCUT2D eigenvalue weighted by Crippen LogP contribution is 2.30. The lowest BCUT2D eigenvalue weighted by Gasteiger charge is -2.31. The van der Waals surface area contributed by atoms with Crippen LogP contribution in [0, 0.1) is 0 Å². The fraction of sp³-hybridized carbons (Fsp3) is 0.462. The molecule has 2 heterocycles. The number of fused-ring (bicyclic) bond motifs is 1. The van der Waals surface area contributed by atoms with Gasteiger partial charge in [-0.15, -0.1) is 34.0 Å². The fourth-order valence-corrected chi connectivity index (χ4v) is 3.36. The van der Waals surface area contributed by atoms with Crippen molar-refractivity contribution in [3.8, 4) is 0 Å². The smallest absolute Gasteiger partial charge is 0.186 e. The molecule has 0 bridgehead atoms. The Labute approximate surface area is 138 Å².